The summed E-state index contributed by atoms with van der Waals surface area (Å²) < 4.78 is 0. The molecule has 0 saturated carbocycles. The Morgan fingerprint density at radius 3 is 2.68 bits per heavy atom. The van der Waals surface area contributed by atoms with Crippen molar-refractivity contribution in [3.63, 3.8) is 0 Å². The summed E-state index contributed by atoms with van der Waals surface area (Å²) in [6.45, 7) is 9.77. The molecule has 1 aromatic carbocycles. The van der Waals surface area contributed by atoms with Gasteiger partial charge in [0, 0.05) is 23.8 Å². The normalized spacial score (nSPS) is 31.9. The molecule has 0 amide bonds. The van der Waals surface area contributed by atoms with Gasteiger partial charge in [-0.25, -0.2) is 0 Å². The maximum absolute atomic E-state index is 3.97. The van der Waals surface area contributed by atoms with Gasteiger partial charge in [-0.1, -0.05) is 31.2 Å². The first kappa shape index (κ1) is 14.1. The number of nitrogens with one attached hydrogen (secondary N) is 1. The fraction of sp³-hybridized carbons (Fsp3) is 0.529. The third-order valence-corrected chi connectivity index (χ3v) is 4.59. The van der Waals surface area contributed by atoms with E-state index in [0.29, 0.717) is 12.0 Å². The van der Waals surface area contributed by atoms with Crippen molar-refractivity contribution < 1.29 is 0 Å². The number of piperidine rings is 1. The van der Waals surface area contributed by atoms with Gasteiger partial charge in [-0.05, 0) is 44.9 Å². The Kier molecular flexibility index (Phi) is 4.31. The molecular weight excluding hydrogens is 232 g/mol. The summed E-state index contributed by atoms with van der Waals surface area (Å²) >= 11 is 0. The van der Waals surface area contributed by atoms with E-state index in [4.69, 9.17) is 0 Å². The highest BCUT2D eigenvalue weighted by Gasteiger charge is 2.41. The first-order valence-corrected chi connectivity index (χ1v) is 7.22. The van der Waals surface area contributed by atoms with Crippen LogP contribution in [0.25, 0.3) is 0 Å². The second-order valence-electron chi connectivity index (χ2n) is 6.03. The van der Waals surface area contributed by atoms with Crippen LogP contribution in [0.2, 0.25) is 0 Å². The van der Waals surface area contributed by atoms with E-state index in [1.165, 1.54) is 5.69 Å². The minimum Gasteiger partial charge on any atom is -0.379 e. The van der Waals surface area contributed by atoms with Crippen LogP contribution >= 0.6 is 0 Å². The Morgan fingerprint density at radius 1 is 1.37 bits per heavy atom. The molecule has 2 nitrogen and oxygen atoms in total. The van der Waals surface area contributed by atoms with Crippen LogP contribution in [0.5, 0.6) is 0 Å². The van der Waals surface area contributed by atoms with Crippen LogP contribution in [-0.2, 0) is 0 Å². The molecule has 0 bridgehead atoms. The molecule has 0 aromatic heterocycles. The minimum atomic E-state index is 0.134. The zero-order chi connectivity index (χ0) is 13.9. The number of rotatable bonds is 4. The van der Waals surface area contributed by atoms with Crippen molar-refractivity contribution in [1.29, 1.82) is 0 Å². The summed E-state index contributed by atoms with van der Waals surface area (Å²) in [5, 5.41) is 3.80. The molecule has 104 valence electrons. The highest BCUT2D eigenvalue weighted by molar-refractivity contribution is 5.46. The number of nitrogens with zero attached hydrogens (tertiary/aromatic N) is 1. The van der Waals surface area contributed by atoms with E-state index in [9.17, 15) is 0 Å². The monoisotopic (exact) mass is 258 g/mol. The largest absolute Gasteiger partial charge is 0.379 e. The highest BCUT2D eigenvalue weighted by atomic mass is 15.2. The van der Waals surface area contributed by atoms with E-state index in [-0.39, 0.29) is 5.54 Å². The molecule has 0 aliphatic carbocycles. The number of anilines is 1. The molecule has 1 aliphatic heterocycles. The van der Waals surface area contributed by atoms with Gasteiger partial charge in [0.25, 0.3) is 0 Å². The molecule has 1 fully saturated rings. The number of benzene rings is 1. The topological polar surface area (TPSA) is 15.3 Å². The first-order valence-electron chi connectivity index (χ1n) is 7.22. The number of hydrogen-bond acceptors (Lipinski definition) is 2. The Hall–Kier alpha value is -1.28. The number of likely N-dealkylation sites (tertiary alicyclic amines) is 1. The Morgan fingerprint density at radius 2 is 2.05 bits per heavy atom. The molecule has 0 unspecified atom stereocenters. The van der Waals surface area contributed by atoms with Crippen LogP contribution in [0.3, 0.4) is 0 Å². The third-order valence-electron chi connectivity index (χ3n) is 4.59. The molecular formula is C17H26N2. The Balaban J connectivity index is 2.24. The zero-order valence-corrected chi connectivity index (χ0v) is 12.4. The van der Waals surface area contributed by atoms with Gasteiger partial charge >= 0.3 is 0 Å². The second-order valence-corrected chi connectivity index (χ2v) is 6.03. The second kappa shape index (κ2) is 5.79. The Bertz CT molecular complexity index is 415. The summed E-state index contributed by atoms with van der Waals surface area (Å²) in [6.07, 6.45) is 4.23. The molecule has 2 heteroatoms. The summed E-state index contributed by atoms with van der Waals surface area (Å²) in [6, 6.07) is 11.2. The van der Waals surface area contributed by atoms with Crippen molar-refractivity contribution in [3.8, 4) is 0 Å². The molecule has 0 radical (unpaired) electrons. The quantitative estimate of drug-likeness (QED) is 0.827. The lowest BCUT2D eigenvalue weighted by Gasteiger charge is -2.49. The zero-order valence-electron chi connectivity index (χ0n) is 12.4. The van der Waals surface area contributed by atoms with Crippen molar-refractivity contribution in [2.24, 2.45) is 5.92 Å². The summed E-state index contributed by atoms with van der Waals surface area (Å²) in [5.41, 5.74) is 1.35. The molecule has 1 heterocycles. The third kappa shape index (κ3) is 3.01. The lowest BCUT2D eigenvalue weighted by Crippen LogP contribution is -2.57. The fourth-order valence-electron chi connectivity index (χ4n) is 3.25. The predicted molar refractivity (Wildman–Crippen MR) is 83.5 cm³/mol. The first-order chi connectivity index (χ1) is 9.07. The maximum atomic E-state index is 3.97. The molecule has 3 atom stereocenters. The van der Waals surface area contributed by atoms with Crippen LogP contribution in [-0.4, -0.2) is 30.1 Å². The van der Waals surface area contributed by atoms with E-state index in [0.717, 1.165) is 19.4 Å². The summed E-state index contributed by atoms with van der Waals surface area (Å²) in [5.74, 6) is 0.604. The van der Waals surface area contributed by atoms with Crippen LogP contribution in [0.1, 0.15) is 26.7 Å². The van der Waals surface area contributed by atoms with Crippen molar-refractivity contribution in [2.75, 3.05) is 18.9 Å². The van der Waals surface area contributed by atoms with E-state index in [1.807, 2.05) is 0 Å². The van der Waals surface area contributed by atoms with Gasteiger partial charge in [0.15, 0.2) is 0 Å². The van der Waals surface area contributed by atoms with E-state index < -0.39 is 0 Å². The van der Waals surface area contributed by atoms with Crippen molar-refractivity contribution in [1.82, 2.24) is 4.90 Å². The van der Waals surface area contributed by atoms with Crippen molar-refractivity contribution >= 4 is 5.69 Å². The summed E-state index contributed by atoms with van der Waals surface area (Å²) in [7, 11) is 2.22. The average molecular weight is 258 g/mol. The lowest BCUT2D eigenvalue weighted by molar-refractivity contribution is 0.0928. The van der Waals surface area contributed by atoms with Crippen LogP contribution < -0.4 is 5.32 Å². The highest BCUT2D eigenvalue weighted by Crippen LogP contribution is 2.37. The van der Waals surface area contributed by atoms with Crippen LogP contribution in [0.4, 0.5) is 5.69 Å². The van der Waals surface area contributed by atoms with Gasteiger partial charge in [0.2, 0.25) is 0 Å². The smallest absolute Gasteiger partial charge is 0.0460 e. The van der Waals surface area contributed by atoms with Crippen LogP contribution in [0, 0.1) is 5.92 Å². The van der Waals surface area contributed by atoms with Crippen molar-refractivity contribution in [3.05, 3.63) is 43.0 Å². The van der Waals surface area contributed by atoms with Crippen LogP contribution in [0.15, 0.2) is 43.0 Å². The van der Waals surface area contributed by atoms with Gasteiger partial charge in [-0.2, -0.15) is 0 Å². The lowest BCUT2D eigenvalue weighted by atomic mass is 9.73. The minimum absolute atomic E-state index is 0.134. The Labute approximate surface area is 117 Å². The standard InChI is InChI=1S/C17H26N2/c1-5-11-17(18-16-9-7-6-8-10-16)12-15(3)19(4)13-14(17)2/h5-10,14-15,18H,1,11-13H2,2-4H3/t14-,15-,17-/m1/s1. The molecule has 1 N–H and O–H groups in total. The van der Waals surface area contributed by atoms with Gasteiger partial charge in [0.1, 0.15) is 0 Å². The molecule has 19 heavy (non-hydrogen) atoms. The summed E-state index contributed by atoms with van der Waals surface area (Å²) in [4.78, 5) is 2.46. The van der Waals surface area contributed by atoms with E-state index in [2.05, 4.69) is 74.1 Å². The van der Waals surface area contributed by atoms with E-state index >= 15 is 0 Å². The van der Waals surface area contributed by atoms with Gasteiger partial charge in [-0.15, -0.1) is 6.58 Å². The molecule has 1 aromatic rings. The molecule has 1 saturated heterocycles. The van der Waals surface area contributed by atoms with Gasteiger partial charge in [-0.3, -0.25) is 0 Å². The molecule has 0 spiro atoms. The van der Waals surface area contributed by atoms with E-state index in [1.54, 1.807) is 0 Å². The number of para-hydroxylation sites is 1. The molecule has 2 rings (SSSR count). The average Bonchev–Trinajstić information content (AvgIpc) is 2.38. The predicted octanol–water partition coefficient (Wildman–Crippen LogP) is 3.77. The van der Waals surface area contributed by atoms with Gasteiger partial charge < -0.3 is 10.2 Å². The number of hydrogen-bond donors (Lipinski definition) is 1. The fourth-order valence-corrected chi connectivity index (χ4v) is 3.25. The SMILES string of the molecule is C=CC[C@@]1(Nc2ccccc2)C[C@@H](C)N(C)C[C@H]1C. The van der Waals surface area contributed by atoms with Crippen molar-refractivity contribution in [2.45, 2.75) is 38.3 Å². The molecule has 1 aliphatic rings. The van der Waals surface area contributed by atoms with Gasteiger partial charge in [0.05, 0.1) is 0 Å². The maximum Gasteiger partial charge on any atom is 0.0460 e.